The van der Waals surface area contributed by atoms with E-state index in [1.165, 1.54) is 4.90 Å². The summed E-state index contributed by atoms with van der Waals surface area (Å²) < 4.78 is 0. The summed E-state index contributed by atoms with van der Waals surface area (Å²) in [5.74, 6) is -0.855. The Hall–Kier alpha value is -4.17. The zero-order valence-electron chi connectivity index (χ0n) is 23.9. The number of aromatic hydroxyl groups is 1. The summed E-state index contributed by atoms with van der Waals surface area (Å²) in [6.45, 7) is 3.15. The second-order valence-electron chi connectivity index (χ2n) is 10.2. The summed E-state index contributed by atoms with van der Waals surface area (Å²) in [7, 11) is 0. The number of amides is 3. The molecule has 3 aromatic rings. The molecule has 0 aliphatic carbocycles. The highest BCUT2D eigenvalue weighted by Crippen LogP contribution is 2.23. The number of nitrogens with one attached hydrogen (secondary N) is 1. The van der Waals surface area contributed by atoms with Crippen LogP contribution in [-0.4, -0.2) is 71.9 Å². The summed E-state index contributed by atoms with van der Waals surface area (Å²) in [5.41, 5.74) is 8.67. The van der Waals surface area contributed by atoms with Crippen LogP contribution in [0.4, 0.5) is 0 Å². The highest BCUT2D eigenvalue weighted by atomic mass is 16.3. The minimum atomic E-state index is -0.609. The Kier molecular flexibility index (Phi) is 12.9. The number of nitrogens with zero attached hydrogens (tertiary/aromatic N) is 2. The number of unbranched alkanes of at least 4 members (excludes halogenated alkanes) is 2. The highest BCUT2D eigenvalue weighted by Gasteiger charge is 2.23. The molecule has 3 amide bonds. The van der Waals surface area contributed by atoms with Crippen molar-refractivity contribution in [3.05, 3.63) is 102 Å². The normalized spacial score (nSPS) is 10.9. The predicted octanol–water partition coefficient (Wildman–Crippen LogP) is 3.69. The minimum absolute atomic E-state index is 0.0753. The third kappa shape index (κ3) is 10.7. The standard InChI is InChI=1S/C33H42N4O4/c1-2-3-10-20-36(25-33(41)37(24-31(34)39)21-19-26-15-17-29(38)18-16-26)32(40)23-35-22-30(27-11-6-4-7-12-27)28-13-8-5-9-14-28/h4-9,11-18,30,35,38H,2-3,10,19-25H2,1H3,(H2,34,39). The second-order valence-corrected chi connectivity index (χ2v) is 10.2. The first kappa shape index (κ1) is 31.4. The van der Waals surface area contributed by atoms with Gasteiger partial charge in [0.05, 0.1) is 19.6 Å². The molecule has 41 heavy (non-hydrogen) atoms. The molecule has 8 heteroatoms. The van der Waals surface area contributed by atoms with Gasteiger partial charge in [-0.1, -0.05) is 92.6 Å². The number of phenolic OH excluding ortho intramolecular Hbond substituents is 1. The number of nitrogens with two attached hydrogens (primary N) is 1. The number of carbonyl (C=O) groups excluding carboxylic acids is 3. The van der Waals surface area contributed by atoms with Gasteiger partial charge in [0.15, 0.2) is 0 Å². The maximum atomic E-state index is 13.4. The monoisotopic (exact) mass is 558 g/mol. The lowest BCUT2D eigenvalue weighted by molar-refractivity contribution is -0.141. The van der Waals surface area contributed by atoms with Crippen molar-refractivity contribution in [2.45, 2.75) is 38.5 Å². The van der Waals surface area contributed by atoms with Crippen molar-refractivity contribution < 1.29 is 19.5 Å². The van der Waals surface area contributed by atoms with Gasteiger partial charge in [-0.05, 0) is 41.7 Å². The van der Waals surface area contributed by atoms with Crippen LogP contribution in [0.25, 0.3) is 0 Å². The number of rotatable bonds is 17. The molecule has 0 aliphatic heterocycles. The first-order chi connectivity index (χ1) is 19.9. The molecule has 0 atom stereocenters. The van der Waals surface area contributed by atoms with Crippen LogP contribution in [0.3, 0.4) is 0 Å². The van der Waals surface area contributed by atoms with E-state index in [4.69, 9.17) is 5.73 Å². The van der Waals surface area contributed by atoms with E-state index in [1.807, 2.05) is 36.4 Å². The third-order valence-electron chi connectivity index (χ3n) is 7.05. The summed E-state index contributed by atoms with van der Waals surface area (Å²) in [5, 5.41) is 12.8. The van der Waals surface area contributed by atoms with Gasteiger partial charge in [-0.25, -0.2) is 0 Å². The van der Waals surface area contributed by atoms with E-state index in [1.54, 1.807) is 29.2 Å². The van der Waals surface area contributed by atoms with Gasteiger partial charge in [0.2, 0.25) is 17.7 Å². The molecule has 3 rings (SSSR count). The van der Waals surface area contributed by atoms with Crippen molar-refractivity contribution in [3.63, 3.8) is 0 Å². The van der Waals surface area contributed by atoms with E-state index >= 15 is 0 Å². The zero-order chi connectivity index (χ0) is 29.5. The Balaban J connectivity index is 1.64. The van der Waals surface area contributed by atoms with E-state index < -0.39 is 5.91 Å². The van der Waals surface area contributed by atoms with Crippen LogP contribution in [-0.2, 0) is 20.8 Å². The lowest BCUT2D eigenvalue weighted by atomic mass is 9.91. The molecule has 0 bridgehead atoms. The molecular weight excluding hydrogens is 516 g/mol. The van der Waals surface area contributed by atoms with Crippen LogP contribution >= 0.6 is 0 Å². The minimum Gasteiger partial charge on any atom is -0.508 e. The van der Waals surface area contributed by atoms with Crippen molar-refractivity contribution in [2.24, 2.45) is 5.73 Å². The average Bonchev–Trinajstić information content (AvgIpc) is 2.98. The molecule has 0 unspecified atom stereocenters. The molecule has 0 saturated carbocycles. The van der Waals surface area contributed by atoms with Crippen molar-refractivity contribution in [1.82, 2.24) is 15.1 Å². The molecule has 0 radical (unpaired) electrons. The first-order valence-electron chi connectivity index (χ1n) is 14.3. The van der Waals surface area contributed by atoms with Crippen LogP contribution in [0.15, 0.2) is 84.9 Å². The average molecular weight is 559 g/mol. The van der Waals surface area contributed by atoms with Crippen molar-refractivity contribution in [3.8, 4) is 5.75 Å². The molecule has 0 heterocycles. The predicted molar refractivity (Wildman–Crippen MR) is 161 cm³/mol. The second kappa shape index (κ2) is 16.8. The Labute approximate surface area is 243 Å². The van der Waals surface area contributed by atoms with Gasteiger partial charge < -0.3 is 26.0 Å². The number of hydrogen-bond donors (Lipinski definition) is 3. The third-order valence-corrected chi connectivity index (χ3v) is 7.05. The molecule has 0 fully saturated rings. The highest BCUT2D eigenvalue weighted by molar-refractivity contribution is 5.88. The fraction of sp³-hybridized carbons (Fsp3) is 0.364. The Morgan fingerprint density at radius 2 is 1.37 bits per heavy atom. The summed E-state index contributed by atoms with van der Waals surface area (Å²) in [6, 6.07) is 27.1. The van der Waals surface area contributed by atoms with E-state index in [0.29, 0.717) is 19.5 Å². The molecule has 0 spiro atoms. The molecule has 3 aromatic carbocycles. The quantitative estimate of drug-likeness (QED) is 0.219. The van der Waals surface area contributed by atoms with E-state index in [-0.39, 0.29) is 49.7 Å². The number of carbonyl (C=O) groups is 3. The molecule has 0 saturated heterocycles. The number of phenols is 1. The Morgan fingerprint density at radius 1 is 0.780 bits per heavy atom. The summed E-state index contributed by atoms with van der Waals surface area (Å²) in [4.78, 5) is 41.4. The SMILES string of the molecule is CCCCCN(CC(=O)N(CCc1ccc(O)cc1)CC(N)=O)C(=O)CNCC(c1ccccc1)c1ccccc1. The van der Waals surface area contributed by atoms with Gasteiger partial charge in [0.25, 0.3) is 0 Å². The number of hydrogen-bond acceptors (Lipinski definition) is 5. The van der Waals surface area contributed by atoms with Gasteiger partial charge in [-0.15, -0.1) is 0 Å². The molecular formula is C33H42N4O4. The summed E-state index contributed by atoms with van der Waals surface area (Å²) in [6.07, 6.45) is 3.21. The maximum Gasteiger partial charge on any atom is 0.242 e. The Bertz CT molecular complexity index is 1180. The number of primary amides is 1. The fourth-order valence-corrected chi connectivity index (χ4v) is 4.75. The lowest BCUT2D eigenvalue weighted by Gasteiger charge is -2.28. The van der Waals surface area contributed by atoms with Gasteiger partial charge in [0.1, 0.15) is 5.75 Å². The summed E-state index contributed by atoms with van der Waals surface area (Å²) >= 11 is 0. The molecule has 0 aliphatic rings. The van der Waals surface area contributed by atoms with Gasteiger partial charge in [0, 0.05) is 25.6 Å². The number of benzene rings is 3. The molecule has 8 nitrogen and oxygen atoms in total. The largest absolute Gasteiger partial charge is 0.508 e. The van der Waals surface area contributed by atoms with Crippen LogP contribution in [0.5, 0.6) is 5.75 Å². The van der Waals surface area contributed by atoms with Gasteiger partial charge in [-0.3, -0.25) is 14.4 Å². The van der Waals surface area contributed by atoms with E-state index in [0.717, 1.165) is 36.0 Å². The van der Waals surface area contributed by atoms with E-state index in [2.05, 4.69) is 36.5 Å². The fourth-order valence-electron chi connectivity index (χ4n) is 4.75. The zero-order valence-corrected chi connectivity index (χ0v) is 23.9. The van der Waals surface area contributed by atoms with Crippen LogP contribution in [0.2, 0.25) is 0 Å². The van der Waals surface area contributed by atoms with Crippen molar-refractivity contribution in [2.75, 3.05) is 39.3 Å². The van der Waals surface area contributed by atoms with Crippen LogP contribution in [0.1, 0.15) is 48.8 Å². The lowest BCUT2D eigenvalue weighted by Crippen LogP contribution is -2.48. The Morgan fingerprint density at radius 3 is 1.93 bits per heavy atom. The van der Waals surface area contributed by atoms with Gasteiger partial charge in [-0.2, -0.15) is 0 Å². The smallest absolute Gasteiger partial charge is 0.242 e. The maximum absolute atomic E-state index is 13.4. The van der Waals surface area contributed by atoms with Crippen LogP contribution in [0, 0.1) is 0 Å². The first-order valence-corrected chi connectivity index (χ1v) is 14.3. The van der Waals surface area contributed by atoms with Crippen molar-refractivity contribution >= 4 is 17.7 Å². The van der Waals surface area contributed by atoms with E-state index in [9.17, 15) is 19.5 Å². The van der Waals surface area contributed by atoms with Crippen molar-refractivity contribution in [1.29, 1.82) is 0 Å². The van der Waals surface area contributed by atoms with Gasteiger partial charge >= 0.3 is 0 Å². The molecule has 0 aromatic heterocycles. The topological polar surface area (TPSA) is 116 Å². The molecule has 4 N–H and O–H groups in total. The molecule has 218 valence electrons. The van der Waals surface area contributed by atoms with Crippen LogP contribution < -0.4 is 11.1 Å².